The van der Waals surface area contributed by atoms with E-state index in [1.54, 1.807) is 0 Å². The Kier molecular flexibility index (Phi) is 4.97. The molecule has 7 nitrogen and oxygen atoms in total. The van der Waals surface area contributed by atoms with Crippen molar-refractivity contribution in [2.75, 3.05) is 0 Å². The molecule has 138 valence electrons. The summed E-state index contributed by atoms with van der Waals surface area (Å²) in [5, 5.41) is 5.22. The van der Waals surface area contributed by atoms with Crippen LogP contribution in [0.2, 0.25) is 0 Å². The number of hydrogen-bond acceptors (Lipinski definition) is 7. The summed E-state index contributed by atoms with van der Waals surface area (Å²) in [6.07, 6.45) is -0.219. The molecule has 0 radical (unpaired) electrons. The molecule has 1 saturated carbocycles. The summed E-state index contributed by atoms with van der Waals surface area (Å²) in [6, 6.07) is 7.41. The highest BCUT2D eigenvalue weighted by Crippen LogP contribution is 2.32. The zero-order valence-corrected chi connectivity index (χ0v) is 14.9. The van der Waals surface area contributed by atoms with Crippen molar-refractivity contribution in [1.29, 1.82) is 0 Å². The number of carbonyl (C=O) groups is 3. The Balaban J connectivity index is 2.11. The van der Waals surface area contributed by atoms with Gasteiger partial charge >= 0.3 is 17.9 Å². The summed E-state index contributed by atoms with van der Waals surface area (Å²) in [7, 11) is 0. The van der Waals surface area contributed by atoms with Crippen molar-refractivity contribution in [3.63, 3.8) is 0 Å². The Morgan fingerprint density at radius 1 is 0.923 bits per heavy atom. The minimum absolute atomic E-state index is 0.370. The van der Waals surface area contributed by atoms with Crippen LogP contribution in [0.3, 0.4) is 0 Å². The molecule has 1 aliphatic carbocycles. The van der Waals surface area contributed by atoms with Gasteiger partial charge in [0.15, 0.2) is 12.2 Å². The van der Waals surface area contributed by atoms with Crippen LogP contribution in [0.5, 0.6) is 0 Å². The third-order valence-electron chi connectivity index (χ3n) is 4.46. The van der Waals surface area contributed by atoms with E-state index in [0.29, 0.717) is 6.42 Å². The molecule has 0 amide bonds. The Labute approximate surface area is 150 Å². The van der Waals surface area contributed by atoms with Crippen LogP contribution < -0.4 is 15.8 Å². The molecule has 4 atom stereocenters. The van der Waals surface area contributed by atoms with Gasteiger partial charge < -0.3 is 19.5 Å². The molecule has 1 aromatic carbocycles. The SMILES string of the molecule is CC(=O)OC1CC2=c3ccccc3=CNC2C(OC(C)=O)C1OC(C)=O. The van der Waals surface area contributed by atoms with Crippen LogP contribution in [0.1, 0.15) is 27.2 Å². The Bertz CT molecular complexity index is 861. The molecule has 1 aliphatic heterocycles. The van der Waals surface area contributed by atoms with E-state index < -0.39 is 36.2 Å². The Morgan fingerprint density at radius 2 is 1.54 bits per heavy atom. The molecule has 2 aliphatic rings. The maximum atomic E-state index is 11.7. The van der Waals surface area contributed by atoms with Gasteiger partial charge in [-0.2, -0.15) is 0 Å². The highest BCUT2D eigenvalue weighted by atomic mass is 16.6. The van der Waals surface area contributed by atoms with Crippen molar-refractivity contribution in [2.45, 2.75) is 51.5 Å². The molecule has 7 heteroatoms. The average molecular weight is 359 g/mol. The lowest BCUT2D eigenvalue weighted by molar-refractivity contribution is -0.186. The van der Waals surface area contributed by atoms with E-state index in [0.717, 1.165) is 16.0 Å². The molecular weight excluding hydrogens is 338 g/mol. The average Bonchev–Trinajstić information content (AvgIpc) is 2.56. The maximum Gasteiger partial charge on any atom is 0.303 e. The number of esters is 3. The number of fused-ring (bicyclic) bond motifs is 2. The first-order valence-electron chi connectivity index (χ1n) is 8.43. The lowest BCUT2D eigenvalue weighted by atomic mass is 9.80. The van der Waals surface area contributed by atoms with Gasteiger partial charge in [0.05, 0.1) is 6.04 Å². The second-order valence-electron chi connectivity index (χ2n) is 6.40. The van der Waals surface area contributed by atoms with E-state index in [2.05, 4.69) is 5.32 Å². The van der Waals surface area contributed by atoms with Gasteiger partial charge in [0, 0.05) is 33.4 Å². The van der Waals surface area contributed by atoms with Crippen LogP contribution in [-0.4, -0.2) is 42.3 Å². The molecule has 0 bridgehead atoms. The van der Waals surface area contributed by atoms with Gasteiger partial charge in [-0.3, -0.25) is 14.4 Å². The Hall–Kier alpha value is -2.83. The monoisotopic (exact) mass is 359 g/mol. The molecule has 1 N–H and O–H groups in total. The highest BCUT2D eigenvalue weighted by Gasteiger charge is 2.48. The first kappa shape index (κ1) is 18.0. The van der Waals surface area contributed by atoms with Gasteiger partial charge in [0.1, 0.15) is 6.10 Å². The highest BCUT2D eigenvalue weighted by molar-refractivity contribution is 5.70. The summed E-state index contributed by atoms with van der Waals surface area (Å²) in [5.74, 6) is -1.53. The van der Waals surface area contributed by atoms with E-state index in [4.69, 9.17) is 14.2 Å². The number of nitrogens with one attached hydrogen (secondary N) is 1. The fraction of sp³-hybridized carbons (Fsp3) is 0.421. The summed E-state index contributed by atoms with van der Waals surface area (Å²) < 4.78 is 16.3. The van der Waals surface area contributed by atoms with E-state index in [-0.39, 0.29) is 6.04 Å². The summed E-state index contributed by atoms with van der Waals surface area (Å²) in [4.78, 5) is 34.8. The zero-order valence-electron chi connectivity index (χ0n) is 14.9. The standard InChI is InChI=1S/C19H21NO6/c1-10(21)24-16-8-15-14-7-5-4-6-13(14)9-20-17(15)19(26-12(3)23)18(16)25-11(2)22/h4-7,9,16-20H,8H2,1-3H3. The molecular formula is C19H21NO6. The molecule has 0 saturated heterocycles. The van der Waals surface area contributed by atoms with Crippen LogP contribution in [0, 0.1) is 0 Å². The van der Waals surface area contributed by atoms with Crippen LogP contribution in [0.4, 0.5) is 0 Å². The quantitative estimate of drug-likeness (QED) is 0.588. The first-order valence-corrected chi connectivity index (χ1v) is 8.43. The maximum absolute atomic E-state index is 11.7. The summed E-state index contributed by atoms with van der Waals surface area (Å²) in [5.41, 5.74) is 0.948. The predicted octanol–water partition coefficient (Wildman–Crippen LogP) is -0.254. The van der Waals surface area contributed by atoms with Crippen molar-refractivity contribution in [2.24, 2.45) is 0 Å². The lowest BCUT2D eigenvalue weighted by Crippen LogP contribution is -2.61. The number of benzene rings is 1. The van der Waals surface area contributed by atoms with E-state index in [1.165, 1.54) is 20.8 Å². The molecule has 3 rings (SSSR count). The second-order valence-corrected chi connectivity index (χ2v) is 6.40. The summed E-state index contributed by atoms with van der Waals surface area (Å²) >= 11 is 0. The van der Waals surface area contributed by atoms with Gasteiger partial charge in [-0.15, -0.1) is 0 Å². The normalized spacial score (nSPS) is 26.3. The van der Waals surface area contributed by atoms with Gasteiger partial charge in [-0.05, 0) is 16.0 Å². The van der Waals surface area contributed by atoms with Crippen LogP contribution in [0.25, 0.3) is 11.8 Å². The second kappa shape index (κ2) is 7.19. The first-order chi connectivity index (χ1) is 12.4. The van der Waals surface area contributed by atoms with Crippen LogP contribution >= 0.6 is 0 Å². The van der Waals surface area contributed by atoms with E-state index in [9.17, 15) is 14.4 Å². The van der Waals surface area contributed by atoms with E-state index >= 15 is 0 Å². The Morgan fingerprint density at radius 3 is 2.19 bits per heavy atom. The van der Waals surface area contributed by atoms with Gasteiger partial charge in [-0.25, -0.2) is 0 Å². The van der Waals surface area contributed by atoms with Gasteiger partial charge in [0.25, 0.3) is 0 Å². The van der Waals surface area contributed by atoms with Gasteiger partial charge in [-0.1, -0.05) is 24.3 Å². The molecule has 0 spiro atoms. The molecule has 1 aromatic rings. The molecule has 0 aromatic heterocycles. The largest absolute Gasteiger partial charge is 0.458 e. The van der Waals surface area contributed by atoms with Crippen molar-refractivity contribution >= 4 is 29.7 Å². The predicted molar refractivity (Wildman–Crippen MR) is 91.8 cm³/mol. The summed E-state index contributed by atoms with van der Waals surface area (Å²) in [6.45, 7) is 3.86. The van der Waals surface area contributed by atoms with E-state index in [1.807, 2.05) is 30.5 Å². The van der Waals surface area contributed by atoms with Crippen molar-refractivity contribution in [3.8, 4) is 0 Å². The number of carbonyl (C=O) groups excluding carboxylic acids is 3. The van der Waals surface area contributed by atoms with Crippen LogP contribution in [0.15, 0.2) is 24.3 Å². The van der Waals surface area contributed by atoms with Crippen molar-refractivity contribution in [1.82, 2.24) is 5.32 Å². The fourth-order valence-electron chi connectivity index (χ4n) is 3.61. The zero-order chi connectivity index (χ0) is 18.8. The van der Waals surface area contributed by atoms with Crippen LogP contribution in [-0.2, 0) is 28.6 Å². The molecule has 4 unspecified atom stereocenters. The number of ether oxygens (including phenoxy) is 3. The topological polar surface area (TPSA) is 90.9 Å². The third-order valence-corrected chi connectivity index (χ3v) is 4.46. The third kappa shape index (κ3) is 3.56. The smallest absolute Gasteiger partial charge is 0.303 e. The fourth-order valence-corrected chi connectivity index (χ4v) is 3.61. The number of hydrogen-bond donors (Lipinski definition) is 1. The molecule has 1 fully saturated rings. The van der Waals surface area contributed by atoms with Gasteiger partial charge in [0.2, 0.25) is 0 Å². The van der Waals surface area contributed by atoms with Crippen molar-refractivity contribution in [3.05, 3.63) is 34.7 Å². The molecule has 26 heavy (non-hydrogen) atoms. The molecule has 1 heterocycles. The van der Waals surface area contributed by atoms with Crippen molar-refractivity contribution < 1.29 is 28.6 Å². The minimum Gasteiger partial charge on any atom is -0.458 e. The lowest BCUT2D eigenvalue weighted by Gasteiger charge is -2.43. The number of rotatable bonds is 3. The minimum atomic E-state index is -0.889.